The van der Waals surface area contributed by atoms with E-state index in [2.05, 4.69) is 24.1 Å². The lowest BCUT2D eigenvalue weighted by Crippen LogP contribution is -2.07. The van der Waals surface area contributed by atoms with Crippen LogP contribution in [0, 0.1) is 0 Å². The maximum Gasteiger partial charge on any atom is 0.307 e. The summed E-state index contributed by atoms with van der Waals surface area (Å²) in [6.07, 6.45) is 4.88. The summed E-state index contributed by atoms with van der Waals surface area (Å²) in [6, 6.07) is 8.84. The van der Waals surface area contributed by atoms with Gasteiger partial charge in [0, 0.05) is 18.7 Å². The number of hydrogen-bond donors (Lipinski definition) is 2. The van der Waals surface area contributed by atoms with Crippen LogP contribution in [0.4, 0.5) is 5.69 Å². The van der Waals surface area contributed by atoms with Crippen LogP contribution in [0.15, 0.2) is 42.7 Å². The number of amides is 1. The molecular formula is C25H30N4O5. The first kappa shape index (κ1) is 24.8. The van der Waals surface area contributed by atoms with Crippen LogP contribution < -0.4 is 14.8 Å². The molecule has 0 aliphatic heterocycles. The number of hydrogen-bond acceptors (Lipinski definition) is 6. The van der Waals surface area contributed by atoms with Crippen molar-refractivity contribution in [3.63, 3.8) is 0 Å². The highest BCUT2D eigenvalue weighted by molar-refractivity contribution is 5.88. The molecule has 0 radical (unpaired) electrons. The Morgan fingerprint density at radius 1 is 1.18 bits per heavy atom. The molecule has 34 heavy (non-hydrogen) atoms. The van der Waals surface area contributed by atoms with E-state index in [1.807, 2.05) is 6.20 Å². The Balaban J connectivity index is 1.69. The molecular weight excluding hydrogens is 436 g/mol. The fraction of sp³-hybridized carbons (Fsp3) is 0.360. The Morgan fingerprint density at radius 2 is 1.97 bits per heavy atom. The number of carboxylic acid groups (broad SMARTS) is 1. The molecule has 0 saturated heterocycles. The molecule has 2 heterocycles. The highest BCUT2D eigenvalue weighted by Crippen LogP contribution is 2.32. The molecule has 0 spiro atoms. The van der Waals surface area contributed by atoms with Crippen molar-refractivity contribution in [2.75, 3.05) is 19.0 Å². The molecule has 1 aromatic carbocycles. The molecule has 0 saturated carbocycles. The second-order valence-electron chi connectivity index (χ2n) is 8.20. The third-order valence-corrected chi connectivity index (χ3v) is 5.13. The van der Waals surface area contributed by atoms with E-state index >= 15 is 0 Å². The minimum absolute atomic E-state index is 0.134. The quantitative estimate of drug-likeness (QED) is 0.410. The van der Waals surface area contributed by atoms with Gasteiger partial charge in [0.2, 0.25) is 5.91 Å². The van der Waals surface area contributed by atoms with Gasteiger partial charge in [-0.3, -0.25) is 9.59 Å². The zero-order valence-corrected chi connectivity index (χ0v) is 19.9. The number of nitrogens with one attached hydrogen (secondary N) is 1. The molecule has 2 N–H and O–H groups in total. The summed E-state index contributed by atoms with van der Waals surface area (Å²) in [5, 5.41) is 16.6. The number of methoxy groups -OCH3 is 1. The molecule has 9 nitrogen and oxygen atoms in total. The van der Waals surface area contributed by atoms with Crippen LogP contribution in [-0.4, -0.2) is 45.5 Å². The molecule has 0 aliphatic rings. The average Bonchev–Trinajstić information content (AvgIpc) is 3.21. The Bertz CT molecular complexity index is 1140. The number of aryl methyl sites for hydroxylation is 1. The fourth-order valence-corrected chi connectivity index (χ4v) is 3.64. The molecule has 0 aliphatic carbocycles. The minimum atomic E-state index is -0.925. The summed E-state index contributed by atoms with van der Waals surface area (Å²) in [6.45, 7) is 6.03. The Kier molecular flexibility index (Phi) is 8.24. The van der Waals surface area contributed by atoms with Crippen LogP contribution in [0.25, 0.3) is 5.82 Å². The molecule has 3 rings (SSSR count). The lowest BCUT2D eigenvalue weighted by molar-refractivity contribution is -0.136. The molecule has 0 fully saturated rings. The summed E-state index contributed by atoms with van der Waals surface area (Å²) < 4.78 is 13.1. The second-order valence-corrected chi connectivity index (χ2v) is 8.20. The molecule has 3 aromatic rings. The largest absolute Gasteiger partial charge is 0.493 e. The summed E-state index contributed by atoms with van der Waals surface area (Å²) in [5.41, 5.74) is 3.29. The van der Waals surface area contributed by atoms with Gasteiger partial charge in [0.1, 0.15) is 0 Å². The fourth-order valence-electron chi connectivity index (χ4n) is 3.64. The summed E-state index contributed by atoms with van der Waals surface area (Å²) in [7, 11) is 1.53. The van der Waals surface area contributed by atoms with Crippen molar-refractivity contribution < 1.29 is 24.2 Å². The van der Waals surface area contributed by atoms with Crippen molar-refractivity contribution in [3.05, 3.63) is 59.5 Å². The van der Waals surface area contributed by atoms with Gasteiger partial charge in [0.25, 0.3) is 0 Å². The third kappa shape index (κ3) is 6.34. The van der Waals surface area contributed by atoms with Gasteiger partial charge in [0.05, 0.1) is 37.7 Å². The summed E-state index contributed by atoms with van der Waals surface area (Å²) in [5.74, 6) is 0.797. The molecule has 0 unspecified atom stereocenters. The molecule has 0 bridgehead atoms. The minimum Gasteiger partial charge on any atom is -0.493 e. The van der Waals surface area contributed by atoms with Crippen LogP contribution >= 0.6 is 0 Å². The van der Waals surface area contributed by atoms with Crippen molar-refractivity contribution in [1.82, 2.24) is 14.8 Å². The number of ether oxygens (including phenoxy) is 2. The first-order valence-electron chi connectivity index (χ1n) is 11.1. The van der Waals surface area contributed by atoms with Gasteiger partial charge in [-0.05, 0) is 42.5 Å². The van der Waals surface area contributed by atoms with Crippen LogP contribution in [0.3, 0.4) is 0 Å². The maximum absolute atomic E-state index is 11.2. The second kappa shape index (κ2) is 11.3. The first-order valence-corrected chi connectivity index (χ1v) is 11.1. The number of aromatic nitrogens is 3. The summed E-state index contributed by atoms with van der Waals surface area (Å²) >= 11 is 0. The maximum atomic E-state index is 11.2. The zero-order valence-electron chi connectivity index (χ0n) is 19.9. The number of nitrogens with zero attached hydrogens (tertiary/aromatic N) is 3. The molecule has 2 aromatic heterocycles. The first-order chi connectivity index (χ1) is 16.3. The predicted molar refractivity (Wildman–Crippen MR) is 128 cm³/mol. The lowest BCUT2D eigenvalue weighted by Gasteiger charge is -2.14. The molecule has 0 atom stereocenters. The topological polar surface area (TPSA) is 116 Å². The standard InChI is InChI=1S/C25H30N4O5/c1-16(2)24-19(15-29(28-24)22-11-10-20(14-26-22)27-17(3)30)8-6-12-34-25-18(13-23(31)32)7-5-9-21(25)33-4/h5,7,9-11,14-16H,6,8,12-13H2,1-4H3,(H,27,30)(H,31,32). The number of carboxylic acids is 1. The SMILES string of the molecule is COc1cccc(CC(=O)O)c1OCCCc1cn(-c2ccc(NC(C)=O)cn2)nc1C(C)C. The van der Waals surface area contributed by atoms with Gasteiger partial charge in [0.15, 0.2) is 17.3 Å². The highest BCUT2D eigenvalue weighted by atomic mass is 16.5. The van der Waals surface area contributed by atoms with E-state index in [1.54, 1.807) is 41.2 Å². The number of carbonyl (C=O) groups is 2. The van der Waals surface area contributed by atoms with Crippen molar-refractivity contribution in [3.8, 4) is 17.3 Å². The van der Waals surface area contributed by atoms with Gasteiger partial charge in [-0.2, -0.15) is 5.10 Å². The van der Waals surface area contributed by atoms with Crippen molar-refractivity contribution in [2.45, 2.75) is 46.0 Å². The van der Waals surface area contributed by atoms with Crippen LogP contribution in [0.5, 0.6) is 11.5 Å². The van der Waals surface area contributed by atoms with Crippen LogP contribution in [0.2, 0.25) is 0 Å². The van der Waals surface area contributed by atoms with E-state index in [1.165, 1.54) is 14.0 Å². The Hall–Kier alpha value is -3.88. The Morgan fingerprint density at radius 3 is 2.59 bits per heavy atom. The van der Waals surface area contributed by atoms with Gasteiger partial charge >= 0.3 is 5.97 Å². The van der Waals surface area contributed by atoms with E-state index in [0.717, 1.165) is 17.7 Å². The van der Waals surface area contributed by atoms with E-state index < -0.39 is 5.97 Å². The monoisotopic (exact) mass is 466 g/mol. The van der Waals surface area contributed by atoms with Gasteiger partial charge < -0.3 is 19.9 Å². The molecule has 9 heteroatoms. The van der Waals surface area contributed by atoms with Crippen molar-refractivity contribution in [2.24, 2.45) is 0 Å². The van der Waals surface area contributed by atoms with Crippen molar-refractivity contribution in [1.29, 1.82) is 0 Å². The number of carbonyl (C=O) groups excluding carboxylic acids is 1. The normalized spacial score (nSPS) is 10.9. The Labute approximate surface area is 198 Å². The van der Waals surface area contributed by atoms with E-state index in [-0.39, 0.29) is 18.2 Å². The molecule has 180 valence electrons. The number of rotatable bonds is 11. The van der Waals surface area contributed by atoms with E-state index in [0.29, 0.717) is 41.6 Å². The van der Waals surface area contributed by atoms with Gasteiger partial charge in [-0.15, -0.1) is 0 Å². The van der Waals surface area contributed by atoms with Crippen molar-refractivity contribution >= 4 is 17.6 Å². The smallest absolute Gasteiger partial charge is 0.307 e. The summed E-state index contributed by atoms with van der Waals surface area (Å²) in [4.78, 5) is 26.8. The highest BCUT2D eigenvalue weighted by Gasteiger charge is 2.16. The van der Waals surface area contributed by atoms with E-state index in [9.17, 15) is 14.7 Å². The molecule has 1 amide bonds. The number of aliphatic carboxylic acids is 1. The lowest BCUT2D eigenvalue weighted by atomic mass is 10.0. The predicted octanol–water partition coefficient (Wildman–Crippen LogP) is 4.00. The third-order valence-electron chi connectivity index (χ3n) is 5.13. The number of anilines is 1. The van der Waals surface area contributed by atoms with Gasteiger partial charge in [-0.1, -0.05) is 26.0 Å². The van der Waals surface area contributed by atoms with Crippen LogP contribution in [-0.2, 0) is 22.4 Å². The van der Waals surface area contributed by atoms with E-state index in [4.69, 9.17) is 14.6 Å². The number of para-hydroxylation sites is 1. The average molecular weight is 467 g/mol. The zero-order chi connectivity index (χ0) is 24.7. The van der Waals surface area contributed by atoms with Gasteiger partial charge in [-0.25, -0.2) is 9.67 Å². The number of benzene rings is 1. The number of pyridine rings is 1. The van der Waals surface area contributed by atoms with Crippen LogP contribution in [0.1, 0.15) is 49.9 Å².